The molecule has 0 aromatic rings. The molecule has 134 valence electrons. The fourth-order valence-electron chi connectivity index (χ4n) is 2.32. The third kappa shape index (κ3) is 6.35. The zero-order valence-corrected chi connectivity index (χ0v) is 15.3. The third-order valence-corrected chi connectivity index (χ3v) is 3.20. The van der Waals surface area contributed by atoms with E-state index in [1.807, 2.05) is 0 Å². The van der Waals surface area contributed by atoms with Gasteiger partial charge in [0.05, 0.1) is 12.1 Å². The van der Waals surface area contributed by atoms with E-state index in [9.17, 15) is 9.59 Å². The largest absolute Gasteiger partial charge is 0.443 e. The number of nitrogens with one attached hydrogen (secondary N) is 1. The van der Waals surface area contributed by atoms with E-state index < -0.39 is 29.4 Å². The number of carbonyl (C=O) groups excluding carboxylic acids is 2. The minimum atomic E-state index is -0.720. The van der Waals surface area contributed by atoms with Gasteiger partial charge in [-0.15, -0.1) is 0 Å². The molecule has 1 saturated heterocycles. The molecule has 0 radical (unpaired) electrons. The van der Waals surface area contributed by atoms with E-state index in [0.717, 1.165) is 11.4 Å². The maximum absolute atomic E-state index is 12.6. The highest BCUT2D eigenvalue weighted by atomic mass is 16.6. The molecule has 0 aromatic heterocycles. The second kappa shape index (κ2) is 7.49. The fourth-order valence-corrected chi connectivity index (χ4v) is 2.32. The lowest BCUT2D eigenvalue weighted by atomic mass is 10.0. The highest BCUT2D eigenvalue weighted by Gasteiger charge is 2.41. The number of rotatable bonds is 2. The molecule has 0 spiro atoms. The van der Waals surface area contributed by atoms with Crippen LogP contribution >= 0.6 is 0 Å². The summed E-state index contributed by atoms with van der Waals surface area (Å²) >= 11 is 0. The molecule has 0 aliphatic carbocycles. The van der Waals surface area contributed by atoms with Gasteiger partial charge in [-0.1, -0.05) is 0 Å². The number of nitrogens with zero attached hydrogens (tertiary/aromatic N) is 1. The summed E-state index contributed by atoms with van der Waals surface area (Å²) in [5.41, 5.74) is -1.41. The van der Waals surface area contributed by atoms with Crippen molar-refractivity contribution in [2.24, 2.45) is 0 Å². The van der Waals surface area contributed by atoms with Crippen molar-refractivity contribution >= 4 is 12.2 Å². The molecule has 1 aliphatic rings. The number of piperidine rings is 1. The average Bonchev–Trinajstić information content (AvgIpc) is 2.35. The van der Waals surface area contributed by atoms with Crippen molar-refractivity contribution in [2.75, 3.05) is 20.2 Å². The van der Waals surface area contributed by atoms with Crippen molar-refractivity contribution in [3.8, 4) is 0 Å². The number of carbonyl (C=O) groups is 2. The third-order valence-electron chi connectivity index (χ3n) is 3.20. The Bertz CT molecular complexity index is 397. The van der Waals surface area contributed by atoms with Crippen LogP contribution in [-0.2, 0) is 14.2 Å². The fraction of sp³-hybridized carbons (Fsp3) is 0.875. The molecular formula is C16H30N2O5. The number of hydrogen-bond donors (Lipinski definition) is 1. The van der Waals surface area contributed by atoms with Crippen LogP contribution in [0.15, 0.2) is 0 Å². The molecule has 0 bridgehead atoms. The van der Waals surface area contributed by atoms with Crippen LogP contribution < -0.4 is 5.32 Å². The second-order valence-corrected chi connectivity index (χ2v) is 7.66. The van der Waals surface area contributed by atoms with Gasteiger partial charge < -0.3 is 19.5 Å². The van der Waals surface area contributed by atoms with E-state index in [1.165, 1.54) is 0 Å². The number of imide groups is 1. The molecule has 2 atom stereocenters. The van der Waals surface area contributed by atoms with Gasteiger partial charge in [0.25, 0.3) is 0 Å². The van der Waals surface area contributed by atoms with Crippen LogP contribution in [0.3, 0.4) is 0 Å². The molecule has 1 aliphatic heterocycles. The normalized spacial score (nSPS) is 22.4. The van der Waals surface area contributed by atoms with Gasteiger partial charge in [0.2, 0.25) is 0 Å². The van der Waals surface area contributed by atoms with E-state index in [2.05, 4.69) is 5.32 Å². The molecule has 0 aromatic carbocycles. The topological polar surface area (TPSA) is 77.1 Å². The SMILES string of the molecule is CO[C@@H]1CCNC[C@H]1N(C(=O)OC(C)(C)C)C(=O)OC(C)(C)C. The Morgan fingerprint density at radius 1 is 1.00 bits per heavy atom. The quantitative estimate of drug-likeness (QED) is 0.838. The average molecular weight is 330 g/mol. The number of amides is 2. The second-order valence-electron chi connectivity index (χ2n) is 7.66. The van der Waals surface area contributed by atoms with Crippen molar-refractivity contribution in [2.45, 2.75) is 71.3 Å². The number of ether oxygens (including phenoxy) is 3. The van der Waals surface area contributed by atoms with Crippen molar-refractivity contribution in [1.29, 1.82) is 0 Å². The van der Waals surface area contributed by atoms with E-state index in [0.29, 0.717) is 13.0 Å². The molecule has 7 nitrogen and oxygen atoms in total. The van der Waals surface area contributed by atoms with Crippen LogP contribution in [0.4, 0.5) is 9.59 Å². The Labute approximate surface area is 138 Å². The van der Waals surface area contributed by atoms with E-state index in [-0.39, 0.29) is 6.10 Å². The molecule has 1 heterocycles. The molecule has 23 heavy (non-hydrogen) atoms. The molecule has 0 saturated carbocycles. The van der Waals surface area contributed by atoms with Crippen LogP contribution in [-0.4, -0.2) is 60.6 Å². The molecule has 1 N–H and O–H groups in total. The van der Waals surface area contributed by atoms with Crippen molar-refractivity contribution < 1.29 is 23.8 Å². The lowest BCUT2D eigenvalue weighted by Gasteiger charge is -2.39. The maximum Gasteiger partial charge on any atom is 0.420 e. The number of methoxy groups -OCH3 is 1. The number of hydrogen-bond acceptors (Lipinski definition) is 6. The summed E-state index contributed by atoms with van der Waals surface area (Å²) in [6.07, 6.45) is -0.996. The monoisotopic (exact) mass is 330 g/mol. The lowest BCUT2D eigenvalue weighted by Crippen LogP contribution is -2.59. The molecule has 2 amide bonds. The summed E-state index contributed by atoms with van der Waals surface area (Å²) in [5, 5.41) is 3.18. The Kier molecular flexibility index (Phi) is 6.41. The first kappa shape index (κ1) is 19.7. The summed E-state index contributed by atoms with van der Waals surface area (Å²) in [4.78, 5) is 26.2. The van der Waals surface area contributed by atoms with Gasteiger partial charge in [0.1, 0.15) is 11.2 Å². The predicted octanol–water partition coefficient (Wildman–Crippen LogP) is 2.54. The highest BCUT2D eigenvalue weighted by Crippen LogP contribution is 2.21. The lowest BCUT2D eigenvalue weighted by molar-refractivity contribution is -0.0384. The maximum atomic E-state index is 12.6. The van der Waals surface area contributed by atoms with Gasteiger partial charge in [-0.25, -0.2) is 14.5 Å². The Balaban J connectivity index is 3.04. The van der Waals surface area contributed by atoms with Crippen LogP contribution in [0.5, 0.6) is 0 Å². The zero-order valence-electron chi connectivity index (χ0n) is 15.3. The van der Waals surface area contributed by atoms with Crippen LogP contribution in [0, 0.1) is 0 Å². The minimum absolute atomic E-state index is 0.253. The molecular weight excluding hydrogens is 300 g/mol. The van der Waals surface area contributed by atoms with Crippen molar-refractivity contribution in [3.05, 3.63) is 0 Å². The molecule has 1 fully saturated rings. The van der Waals surface area contributed by atoms with E-state index in [1.54, 1.807) is 48.7 Å². The molecule has 1 rings (SSSR count). The first-order chi connectivity index (χ1) is 10.4. The van der Waals surface area contributed by atoms with Gasteiger partial charge >= 0.3 is 12.2 Å². The van der Waals surface area contributed by atoms with Gasteiger partial charge in [0, 0.05) is 13.7 Å². The Morgan fingerprint density at radius 2 is 1.48 bits per heavy atom. The van der Waals surface area contributed by atoms with Crippen molar-refractivity contribution in [1.82, 2.24) is 10.2 Å². The van der Waals surface area contributed by atoms with Gasteiger partial charge in [0.15, 0.2) is 0 Å². The first-order valence-corrected chi connectivity index (χ1v) is 7.93. The van der Waals surface area contributed by atoms with Crippen molar-refractivity contribution in [3.63, 3.8) is 0 Å². The van der Waals surface area contributed by atoms with Gasteiger partial charge in [-0.05, 0) is 54.5 Å². The summed E-state index contributed by atoms with van der Waals surface area (Å²) in [6.45, 7) is 11.7. The summed E-state index contributed by atoms with van der Waals surface area (Å²) in [7, 11) is 1.57. The van der Waals surface area contributed by atoms with Crippen LogP contribution in [0.25, 0.3) is 0 Å². The Hall–Kier alpha value is -1.34. The molecule has 0 unspecified atom stereocenters. The Morgan fingerprint density at radius 3 is 1.87 bits per heavy atom. The molecule has 7 heteroatoms. The van der Waals surface area contributed by atoms with Crippen LogP contribution in [0.1, 0.15) is 48.0 Å². The summed E-state index contributed by atoms with van der Waals surface area (Å²) in [5.74, 6) is 0. The van der Waals surface area contributed by atoms with Crippen LogP contribution in [0.2, 0.25) is 0 Å². The smallest absolute Gasteiger partial charge is 0.420 e. The first-order valence-electron chi connectivity index (χ1n) is 7.93. The minimum Gasteiger partial charge on any atom is -0.443 e. The summed E-state index contributed by atoms with van der Waals surface area (Å²) in [6, 6.07) is -0.474. The van der Waals surface area contributed by atoms with Gasteiger partial charge in [-0.2, -0.15) is 0 Å². The van der Waals surface area contributed by atoms with Gasteiger partial charge in [-0.3, -0.25) is 0 Å². The van der Waals surface area contributed by atoms with E-state index in [4.69, 9.17) is 14.2 Å². The predicted molar refractivity (Wildman–Crippen MR) is 86.4 cm³/mol. The zero-order chi connectivity index (χ0) is 17.8. The van der Waals surface area contributed by atoms with E-state index >= 15 is 0 Å². The highest BCUT2D eigenvalue weighted by molar-refractivity contribution is 5.88. The summed E-state index contributed by atoms with van der Waals surface area (Å²) < 4.78 is 16.2. The standard InChI is InChI=1S/C16H30N2O5/c1-15(2,3)22-13(19)18(14(20)23-16(4,5)6)11-10-17-9-8-12(11)21-7/h11-12,17H,8-10H2,1-7H3/t11-,12-/m1/s1.